The zero-order valence-corrected chi connectivity index (χ0v) is 12.6. The van der Waals surface area contributed by atoms with Gasteiger partial charge in [-0.25, -0.2) is 4.79 Å². The second-order valence-electron chi connectivity index (χ2n) is 5.82. The van der Waals surface area contributed by atoms with Crippen molar-refractivity contribution in [3.8, 4) is 0 Å². The fraction of sp³-hybridized carbons (Fsp3) is 0.923. The predicted molar refractivity (Wildman–Crippen MR) is 74.9 cm³/mol. The number of ether oxygens (including phenoxy) is 1. The third-order valence-electron chi connectivity index (χ3n) is 3.04. The topological polar surface area (TPSA) is 49.8 Å². The second kappa shape index (κ2) is 6.66. The Hall–Kier alpha value is -0.420. The Kier molecular flexibility index (Phi) is 5.79. The number of carbonyl (C=O) groups is 1. The minimum Gasteiger partial charge on any atom is -0.444 e. The molecule has 2 unspecified atom stereocenters. The van der Waals surface area contributed by atoms with Crippen molar-refractivity contribution in [3.63, 3.8) is 0 Å². The van der Waals surface area contributed by atoms with Gasteiger partial charge in [0.2, 0.25) is 0 Å². The highest BCUT2D eigenvalue weighted by Crippen LogP contribution is 2.23. The summed E-state index contributed by atoms with van der Waals surface area (Å²) in [6.07, 6.45) is 3.11. The van der Waals surface area contributed by atoms with Crippen molar-refractivity contribution >= 4 is 17.9 Å². The molecule has 1 saturated heterocycles. The number of hydrogen-bond donors (Lipinski definition) is 1. The van der Waals surface area contributed by atoms with Crippen LogP contribution in [0, 0.1) is 5.92 Å². The predicted octanol–water partition coefficient (Wildman–Crippen LogP) is 2.36. The fourth-order valence-corrected chi connectivity index (χ4v) is 2.60. The number of amides is 1. The SMILES string of the molecule is CSCCC1CN(C(=O)OC(C)(C)C)CCC1O. The van der Waals surface area contributed by atoms with Crippen LogP contribution in [0.3, 0.4) is 0 Å². The Morgan fingerprint density at radius 1 is 1.50 bits per heavy atom. The van der Waals surface area contributed by atoms with E-state index >= 15 is 0 Å². The molecule has 1 fully saturated rings. The highest BCUT2D eigenvalue weighted by Gasteiger charge is 2.32. The van der Waals surface area contributed by atoms with Gasteiger partial charge >= 0.3 is 6.09 Å². The van der Waals surface area contributed by atoms with E-state index in [9.17, 15) is 9.90 Å². The van der Waals surface area contributed by atoms with Gasteiger partial charge in [0.15, 0.2) is 0 Å². The summed E-state index contributed by atoms with van der Waals surface area (Å²) in [5.74, 6) is 1.20. The molecule has 1 amide bonds. The maximum absolute atomic E-state index is 12.0. The van der Waals surface area contributed by atoms with Crippen molar-refractivity contribution < 1.29 is 14.6 Å². The summed E-state index contributed by atoms with van der Waals surface area (Å²) >= 11 is 1.77. The lowest BCUT2D eigenvalue weighted by Gasteiger charge is -2.36. The molecular formula is C13H25NO3S. The molecule has 1 aliphatic rings. The molecule has 0 radical (unpaired) electrons. The van der Waals surface area contributed by atoms with Gasteiger partial charge in [-0.2, -0.15) is 11.8 Å². The molecule has 1 N–H and O–H groups in total. The first-order valence-corrected chi connectivity index (χ1v) is 7.88. The first-order chi connectivity index (χ1) is 8.33. The van der Waals surface area contributed by atoms with E-state index in [0.717, 1.165) is 12.2 Å². The Balaban J connectivity index is 2.50. The minimum atomic E-state index is -0.456. The zero-order valence-electron chi connectivity index (χ0n) is 11.8. The summed E-state index contributed by atoms with van der Waals surface area (Å²) in [6.45, 7) is 6.81. The van der Waals surface area contributed by atoms with E-state index in [1.165, 1.54) is 0 Å². The van der Waals surface area contributed by atoms with Gasteiger partial charge in [-0.3, -0.25) is 0 Å². The molecule has 4 nitrogen and oxygen atoms in total. The summed E-state index contributed by atoms with van der Waals surface area (Å²) in [7, 11) is 0. The van der Waals surface area contributed by atoms with Gasteiger partial charge in [0.1, 0.15) is 5.60 Å². The number of nitrogens with zero attached hydrogens (tertiary/aromatic N) is 1. The third-order valence-corrected chi connectivity index (χ3v) is 3.68. The van der Waals surface area contributed by atoms with E-state index < -0.39 is 5.60 Å². The van der Waals surface area contributed by atoms with Crippen molar-refractivity contribution in [1.29, 1.82) is 0 Å². The smallest absolute Gasteiger partial charge is 0.410 e. The standard InChI is InChI=1S/C13H25NO3S/c1-13(2,3)17-12(16)14-7-5-11(15)10(9-14)6-8-18-4/h10-11,15H,5-9H2,1-4H3. The molecule has 18 heavy (non-hydrogen) atoms. The number of rotatable bonds is 3. The molecule has 0 aromatic carbocycles. The van der Waals surface area contributed by atoms with Crippen LogP contribution in [0.5, 0.6) is 0 Å². The van der Waals surface area contributed by atoms with Crippen LogP contribution in [0.2, 0.25) is 0 Å². The molecule has 0 aliphatic carbocycles. The molecule has 1 heterocycles. The Morgan fingerprint density at radius 2 is 2.17 bits per heavy atom. The minimum absolute atomic E-state index is 0.179. The van der Waals surface area contributed by atoms with Crippen LogP contribution in [-0.4, -0.2) is 52.9 Å². The number of piperidine rings is 1. The molecule has 0 spiro atoms. The summed E-state index contributed by atoms with van der Waals surface area (Å²) in [4.78, 5) is 13.7. The average Bonchev–Trinajstić information content (AvgIpc) is 2.25. The number of hydrogen-bond acceptors (Lipinski definition) is 4. The lowest BCUT2D eigenvalue weighted by Crippen LogP contribution is -2.47. The van der Waals surface area contributed by atoms with Gasteiger partial charge in [-0.15, -0.1) is 0 Å². The van der Waals surface area contributed by atoms with Crippen LogP contribution in [-0.2, 0) is 4.74 Å². The van der Waals surface area contributed by atoms with E-state index in [4.69, 9.17) is 4.74 Å². The molecule has 2 atom stereocenters. The summed E-state index contributed by atoms with van der Waals surface area (Å²) in [6, 6.07) is 0. The molecule has 1 aliphatic heterocycles. The van der Waals surface area contributed by atoms with E-state index in [1.807, 2.05) is 20.8 Å². The Bertz CT molecular complexity index is 278. The summed E-state index contributed by atoms with van der Waals surface area (Å²) in [5, 5.41) is 9.94. The van der Waals surface area contributed by atoms with Crippen molar-refractivity contribution in [2.45, 2.75) is 45.3 Å². The van der Waals surface area contributed by atoms with Gasteiger partial charge in [0.25, 0.3) is 0 Å². The molecule has 1 rings (SSSR count). The molecular weight excluding hydrogens is 250 g/mol. The lowest BCUT2D eigenvalue weighted by atomic mass is 9.93. The Morgan fingerprint density at radius 3 is 2.72 bits per heavy atom. The molecule has 0 bridgehead atoms. The number of likely N-dealkylation sites (tertiary alicyclic amines) is 1. The van der Waals surface area contributed by atoms with E-state index in [2.05, 4.69) is 6.26 Å². The normalized spacial score (nSPS) is 25.1. The highest BCUT2D eigenvalue weighted by atomic mass is 32.2. The van der Waals surface area contributed by atoms with E-state index in [1.54, 1.807) is 16.7 Å². The van der Waals surface area contributed by atoms with Crippen LogP contribution >= 0.6 is 11.8 Å². The third kappa shape index (κ3) is 5.06. The molecule has 5 heteroatoms. The first kappa shape index (κ1) is 15.6. The zero-order chi connectivity index (χ0) is 13.8. The molecule has 0 saturated carbocycles. The highest BCUT2D eigenvalue weighted by molar-refractivity contribution is 7.98. The van der Waals surface area contributed by atoms with Crippen LogP contribution in [0.15, 0.2) is 0 Å². The van der Waals surface area contributed by atoms with Crippen molar-refractivity contribution in [2.75, 3.05) is 25.1 Å². The summed E-state index contributed by atoms with van der Waals surface area (Å²) < 4.78 is 5.37. The quantitative estimate of drug-likeness (QED) is 0.859. The lowest BCUT2D eigenvalue weighted by molar-refractivity contribution is -0.00874. The van der Waals surface area contributed by atoms with Crippen molar-refractivity contribution in [1.82, 2.24) is 4.90 Å². The number of thioether (sulfide) groups is 1. The maximum atomic E-state index is 12.0. The van der Waals surface area contributed by atoms with Gasteiger partial charge < -0.3 is 14.7 Å². The second-order valence-corrected chi connectivity index (χ2v) is 6.81. The van der Waals surface area contributed by atoms with Gasteiger partial charge in [-0.05, 0) is 45.6 Å². The fourth-order valence-electron chi connectivity index (χ4n) is 2.07. The molecule has 0 aromatic heterocycles. The summed E-state index contributed by atoms with van der Waals surface area (Å²) in [5.41, 5.74) is -0.456. The van der Waals surface area contributed by atoms with Crippen LogP contribution < -0.4 is 0 Å². The maximum Gasteiger partial charge on any atom is 0.410 e. The number of aliphatic hydroxyl groups is 1. The largest absolute Gasteiger partial charge is 0.444 e. The number of aliphatic hydroxyl groups excluding tert-OH is 1. The molecule has 0 aromatic rings. The first-order valence-electron chi connectivity index (χ1n) is 6.48. The monoisotopic (exact) mass is 275 g/mol. The van der Waals surface area contributed by atoms with Gasteiger partial charge in [-0.1, -0.05) is 0 Å². The van der Waals surface area contributed by atoms with Crippen molar-refractivity contribution in [2.24, 2.45) is 5.92 Å². The molecule has 106 valence electrons. The van der Waals surface area contributed by atoms with Crippen LogP contribution in [0.4, 0.5) is 4.79 Å². The van der Waals surface area contributed by atoms with Crippen LogP contribution in [0.25, 0.3) is 0 Å². The van der Waals surface area contributed by atoms with Gasteiger partial charge in [0.05, 0.1) is 6.10 Å². The Labute approximate surface area is 114 Å². The number of carbonyl (C=O) groups excluding carboxylic acids is 1. The average molecular weight is 275 g/mol. The van der Waals surface area contributed by atoms with E-state index in [0.29, 0.717) is 19.5 Å². The van der Waals surface area contributed by atoms with Gasteiger partial charge in [0, 0.05) is 19.0 Å². The van der Waals surface area contributed by atoms with Crippen LogP contribution in [0.1, 0.15) is 33.6 Å². The van der Waals surface area contributed by atoms with E-state index in [-0.39, 0.29) is 18.1 Å². The van der Waals surface area contributed by atoms with Crippen molar-refractivity contribution in [3.05, 3.63) is 0 Å².